The zero-order chi connectivity index (χ0) is 34.6. The molecule has 246 valence electrons. The molecule has 0 aromatic heterocycles. The molecule has 2 heteroatoms. The molecule has 0 bridgehead atoms. The third-order valence-electron chi connectivity index (χ3n) is 9.60. The molecule has 7 aromatic rings. The molecule has 0 aliphatic heterocycles. The van der Waals surface area contributed by atoms with E-state index in [-0.39, 0.29) is 0 Å². The van der Waals surface area contributed by atoms with Crippen LogP contribution in [-0.4, -0.2) is 0 Å². The molecule has 0 N–H and O–H groups in total. The SMILES string of the molecule is CC=Cc1ccc(N(c2ccccc2)c2ccc3c(c2)Cc2cc(N(c4ccccc4)c4ccc(C=Cc5ccc(C)cc5)cc4)ccc2-3)cc1. The van der Waals surface area contributed by atoms with Crippen molar-refractivity contribution >= 4 is 52.4 Å². The summed E-state index contributed by atoms with van der Waals surface area (Å²) in [6.45, 7) is 4.17. The van der Waals surface area contributed by atoms with Gasteiger partial charge in [-0.3, -0.25) is 0 Å². The highest BCUT2D eigenvalue weighted by Crippen LogP contribution is 2.44. The Hall–Kier alpha value is -6.38. The second kappa shape index (κ2) is 14.2. The molecular formula is C49H40N2. The summed E-state index contributed by atoms with van der Waals surface area (Å²) in [5.74, 6) is 0. The number of aryl methyl sites for hydroxylation is 1. The zero-order valence-electron chi connectivity index (χ0n) is 29.1. The smallest absolute Gasteiger partial charge is 0.0464 e. The normalized spacial score (nSPS) is 11.9. The molecule has 0 saturated heterocycles. The van der Waals surface area contributed by atoms with Gasteiger partial charge in [0, 0.05) is 34.1 Å². The van der Waals surface area contributed by atoms with Crippen LogP contribution in [0.15, 0.2) is 176 Å². The first kappa shape index (κ1) is 31.9. The average molecular weight is 657 g/mol. The molecule has 0 unspecified atom stereocenters. The molecule has 51 heavy (non-hydrogen) atoms. The van der Waals surface area contributed by atoms with Gasteiger partial charge in [0.1, 0.15) is 0 Å². The Labute approximate surface area is 301 Å². The highest BCUT2D eigenvalue weighted by atomic mass is 15.1. The molecule has 0 heterocycles. The summed E-state index contributed by atoms with van der Waals surface area (Å²) < 4.78 is 0. The van der Waals surface area contributed by atoms with E-state index in [1.54, 1.807) is 0 Å². The van der Waals surface area contributed by atoms with E-state index < -0.39 is 0 Å². The van der Waals surface area contributed by atoms with Gasteiger partial charge in [0.25, 0.3) is 0 Å². The zero-order valence-corrected chi connectivity index (χ0v) is 29.1. The third-order valence-corrected chi connectivity index (χ3v) is 9.60. The monoisotopic (exact) mass is 656 g/mol. The highest BCUT2D eigenvalue weighted by molar-refractivity contribution is 5.86. The number of benzene rings is 7. The lowest BCUT2D eigenvalue weighted by Crippen LogP contribution is -2.10. The summed E-state index contributed by atoms with van der Waals surface area (Å²) >= 11 is 0. The minimum Gasteiger partial charge on any atom is -0.310 e. The molecule has 0 atom stereocenters. The van der Waals surface area contributed by atoms with Crippen LogP contribution in [0.25, 0.3) is 29.4 Å². The maximum absolute atomic E-state index is 2.38. The molecule has 0 radical (unpaired) electrons. The number of fused-ring (bicyclic) bond motifs is 3. The first-order valence-corrected chi connectivity index (χ1v) is 17.7. The van der Waals surface area contributed by atoms with E-state index in [0.29, 0.717) is 0 Å². The van der Waals surface area contributed by atoms with Crippen molar-refractivity contribution in [2.75, 3.05) is 9.80 Å². The van der Waals surface area contributed by atoms with Gasteiger partial charge in [0.2, 0.25) is 0 Å². The summed E-state index contributed by atoms with van der Waals surface area (Å²) in [5.41, 5.74) is 17.0. The first-order chi connectivity index (χ1) is 25.1. The number of nitrogens with zero attached hydrogens (tertiary/aromatic N) is 2. The molecule has 2 nitrogen and oxygen atoms in total. The van der Waals surface area contributed by atoms with Crippen LogP contribution in [0.4, 0.5) is 34.1 Å². The molecule has 0 saturated carbocycles. The van der Waals surface area contributed by atoms with Crippen molar-refractivity contribution in [3.8, 4) is 11.1 Å². The molecular weight excluding hydrogens is 617 g/mol. The van der Waals surface area contributed by atoms with Gasteiger partial charge < -0.3 is 9.80 Å². The summed E-state index contributed by atoms with van der Waals surface area (Å²) in [7, 11) is 0. The number of allylic oxidation sites excluding steroid dienone is 1. The lowest BCUT2D eigenvalue weighted by atomic mass is 10.0. The van der Waals surface area contributed by atoms with Crippen LogP contribution in [0.2, 0.25) is 0 Å². The van der Waals surface area contributed by atoms with Crippen molar-refractivity contribution in [2.45, 2.75) is 20.3 Å². The van der Waals surface area contributed by atoms with E-state index in [1.165, 1.54) is 44.5 Å². The lowest BCUT2D eigenvalue weighted by molar-refractivity contribution is 1.22. The van der Waals surface area contributed by atoms with Crippen molar-refractivity contribution < 1.29 is 0 Å². The standard InChI is InChI=1S/C49H40N2/c1-3-10-37-21-25-44(26-22-37)50(42-11-6-4-7-12-42)46-29-31-48-40(34-46)33-41-35-47(30-32-49(41)48)51(43-13-8-5-9-14-43)45-27-23-39(24-28-45)20-19-38-17-15-36(2)16-18-38/h3-32,34-35H,33H2,1-2H3. The highest BCUT2D eigenvalue weighted by Gasteiger charge is 2.23. The number of para-hydroxylation sites is 2. The maximum atomic E-state index is 2.38. The summed E-state index contributed by atoms with van der Waals surface area (Å²) in [6.07, 6.45) is 9.46. The minimum absolute atomic E-state index is 0.889. The van der Waals surface area contributed by atoms with Gasteiger partial charge in [0.15, 0.2) is 0 Å². The Balaban J connectivity index is 1.10. The first-order valence-electron chi connectivity index (χ1n) is 17.7. The van der Waals surface area contributed by atoms with Crippen molar-refractivity contribution in [1.82, 2.24) is 0 Å². The summed E-state index contributed by atoms with van der Waals surface area (Å²) in [6, 6.07) is 61.5. The number of anilines is 6. The van der Waals surface area contributed by atoms with Crippen LogP contribution in [0.5, 0.6) is 0 Å². The molecule has 1 aliphatic carbocycles. The predicted octanol–water partition coefficient (Wildman–Crippen LogP) is 13.7. The van der Waals surface area contributed by atoms with Crippen LogP contribution in [0, 0.1) is 6.92 Å². The van der Waals surface area contributed by atoms with Crippen LogP contribution >= 0.6 is 0 Å². The molecule has 7 aromatic carbocycles. The third kappa shape index (κ3) is 6.77. The topological polar surface area (TPSA) is 6.48 Å². The number of hydrogen-bond acceptors (Lipinski definition) is 2. The number of hydrogen-bond donors (Lipinski definition) is 0. The Bertz CT molecular complexity index is 2320. The van der Waals surface area contributed by atoms with Gasteiger partial charge in [-0.15, -0.1) is 0 Å². The van der Waals surface area contributed by atoms with Gasteiger partial charge in [0.05, 0.1) is 0 Å². The van der Waals surface area contributed by atoms with Gasteiger partial charge in [-0.1, -0.05) is 127 Å². The Morgan fingerprint density at radius 2 is 0.765 bits per heavy atom. The van der Waals surface area contributed by atoms with Crippen LogP contribution < -0.4 is 9.80 Å². The lowest BCUT2D eigenvalue weighted by Gasteiger charge is -2.26. The summed E-state index contributed by atoms with van der Waals surface area (Å²) in [5, 5.41) is 0. The largest absolute Gasteiger partial charge is 0.310 e. The van der Waals surface area contributed by atoms with Crippen molar-refractivity contribution in [1.29, 1.82) is 0 Å². The van der Waals surface area contributed by atoms with E-state index in [2.05, 4.69) is 218 Å². The Morgan fingerprint density at radius 1 is 0.392 bits per heavy atom. The fraction of sp³-hybridized carbons (Fsp3) is 0.0612. The second-order valence-corrected chi connectivity index (χ2v) is 13.1. The van der Waals surface area contributed by atoms with Crippen LogP contribution in [-0.2, 0) is 6.42 Å². The number of rotatable bonds is 9. The van der Waals surface area contributed by atoms with Crippen LogP contribution in [0.1, 0.15) is 40.3 Å². The Kier molecular flexibility index (Phi) is 8.89. The van der Waals surface area contributed by atoms with E-state index in [9.17, 15) is 0 Å². The van der Waals surface area contributed by atoms with Gasteiger partial charge in [-0.2, -0.15) is 0 Å². The average Bonchev–Trinajstić information content (AvgIpc) is 3.54. The molecule has 8 rings (SSSR count). The Morgan fingerprint density at radius 3 is 1.20 bits per heavy atom. The van der Waals surface area contributed by atoms with Crippen LogP contribution in [0.3, 0.4) is 0 Å². The molecule has 0 amide bonds. The van der Waals surface area contributed by atoms with Crippen molar-refractivity contribution in [2.24, 2.45) is 0 Å². The van der Waals surface area contributed by atoms with E-state index in [0.717, 1.165) is 40.5 Å². The predicted molar refractivity (Wildman–Crippen MR) is 219 cm³/mol. The minimum atomic E-state index is 0.889. The van der Waals surface area contributed by atoms with E-state index in [4.69, 9.17) is 0 Å². The van der Waals surface area contributed by atoms with E-state index in [1.807, 2.05) is 0 Å². The second-order valence-electron chi connectivity index (χ2n) is 13.1. The van der Waals surface area contributed by atoms with Crippen molar-refractivity contribution in [3.05, 3.63) is 209 Å². The quantitative estimate of drug-likeness (QED) is 0.143. The van der Waals surface area contributed by atoms with E-state index >= 15 is 0 Å². The molecule has 0 fully saturated rings. The fourth-order valence-electron chi connectivity index (χ4n) is 7.04. The maximum Gasteiger partial charge on any atom is 0.0464 e. The van der Waals surface area contributed by atoms with Gasteiger partial charge >= 0.3 is 0 Å². The molecule has 1 aliphatic rings. The van der Waals surface area contributed by atoms with Gasteiger partial charge in [-0.05, 0) is 132 Å². The summed E-state index contributed by atoms with van der Waals surface area (Å²) in [4.78, 5) is 4.71. The molecule has 0 spiro atoms. The fourth-order valence-corrected chi connectivity index (χ4v) is 7.04. The van der Waals surface area contributed by atoms with Gasteiger partial charge in [-0.25, -0.2) is 0 Å². The van der Waals surface area contributed by atoms with Crippen molar-refractivity contribution in [3.63, 3.8) is 0 Å².